The van der Waals surface area contributed by atoms with Crippen LogP contribution in [-0.2, 0) is 27.9 Å². The molecule has 0 saturated carbocycles. The second-order valence-corrected chi connectivity index (χ2v) is 17.5. The van der Waals surface area contributed by atoms with Crippen LogP contribution in [0.3, 0.4) is 0 Å². The van der Waals surface area contributed by atoms with Crippen molar-refractivity contribution in [2.24, 2.45) is 0 Å². The number of phosphoric ester groups is 1. The molecule has 2 atom stereocenters. The lowest BCUT2D eigenvalue weighted by molar-refractivity contribution is -0.870. The van der Waals surface area contributed by atoms with Gasteiger partial charge in [0.25, 0.3) is 7.82 Å². The van der Waals surface area contributed by atoms with Crippen molar-refractivity contribution in [2.75, 3.05) is 47.5 Å². The van der Waals surface area contributed by atoms with E-state index in [1.54, 1.807) is 6.26 Å². The minimum absolute atomic E-state index is 0.0170. The topological polar surface area (TPSA) is 94.1 Å². The molecule has 0 aliphatic carbocycles. The first-order valence-corrected chi connectivity index (χ1v) is 23.6. The second kappa shape index (κ2) is 37.7. The quantitative estimate of drug-likeness (QED) is 0.0152. The first-order valence-electron chi connectivity index (χ1n) is 22.1. The molecule has 53 heavy (non-hydrogen) atoms. The summed E-state index contributed by atoms with van der Waals surface area (Å²) in [6.07, 6.45) is 42.8. The minimum atomic E-state index is -4.54. The Morgan fingerprint density at radius 3 is 1.45 bits per heavy atom. The summed E-state index contributed by atoms with van der Waals surface area (Å²) in [6.45, 7) is 4.74. The standard InChI is InChI=1S/C44H86NO7P/c1-6-8-10-12-14-16-18-20-22-24-26-28-30-32-34-36-39-49-41-43(42-51-53(47,48)50-40-38-45(3,4)5)52-44(46)37-35-33-31-29-27-25-23-21-19-17-15-13-11-9-7-2/h20,22,36,39,43H,6-19,21,23-35,37-38,40-42H2,1-5H3/b22-20-,39-36-/t43-/m1/s1. The second-order valence-electron chi connectivity index (χ2n) is 16.1. The third kappa shape index (κ3) is 41.8. The maximum atomic E-state index is 12.7. The van der Waals surface area contributed by atoms with Gasteiger partial charge in [0.05, 0.1) is 34.0 Å². The van der Waals surface area contributed by atoms with Gasteiger partial charge in [-0.3, -0.25) is 9.36 Å². The van der Waals surface area contributed by atoms with E-state index in [0.717, 1.165) is 38.5 Å². The van der Waals surface area contributed by atoms with Crippen molar-refractivity contribution in [3.63, 3.8) is 0 Å². The fourth-order valence-corrected chi connectivity index (χ4v) is 6.82. The third-order valence-electron chi connectivity index (χ3n) is 9.57. The van der Waals surface area contributed by atoms with E-state index in [1.807, 2.05) is 27.2 Å². The number of rotatable bonds is 41. The average molecular weight is 772 g/mol. The van der Waals surface area contributed by atoms with E-state index in [4.69, 9.17) is 18.5 Å². The van der Waals surface area contributed by atoms with Crippen LogP contribution in [0.25, 0.3) is 0 Å². The molecular formula is C44H86NO7P. The zero-order valence-electron chi connectivity index (χ0n) is 35.5. The smallest absolute Gasteiger partial charge is 0.306 e. The van der Waals surface area contributed by atoms with E-state index in [9.17, 15) is 14.3 Å². The van der Waals surface area contributed by atoms with Gasteiger partial charge >= 0.3 is 5.97 Å². The predicted octanol–water partition coefficient (Wildman–Crippen LogP) is 12.5. The number of likely N-dealkylation sites (N-methyl/N-ethyl adjacent to an activating group) is 1. The van der Waals surface area contributed by atoms with Crippen molar-refractivity contribution >= 4 is 13.8 Å². The van der Waals surface area contributed by atoms with E-state index in [0.29, 0.717) is 17.4 Å². The van der Waals surface area contributed by atoms with Gasteiger partial charge in [0.2, 0.25) is 0 Å². The van der Waals surface area contributed by atoms with Gasteiger partial charge in [-0.15, -0.1) is 0 Å². The molecule has 0 aliphatic heterocycles. The van der Waals surface area contributed by atoms with Crippen LogP contribution in [-0.4, -0.2) is 64.1 Å². The molecule has 0 heterocycles. The van der Waals surface area contributed by atoms with Crippen LogP contribution in [0.2, 0.25) is 0 Å². The summed E-state index contributed by atoms with van der Waals surface area (Å²) in [5, 5.41) is 0. The highest BCUT2D eigenvalue weighted by Gasteiger charge is 2.20. The van der Waals surface area contributed by atoms with Crippen LogP contribution in [0.15, 0.2) is 24.5 Å². The van der Waals surface area contributed by atoms with E-state index in [1.165, 1.54) is 141 Å². The summed E-state index contributed by atoms with van der Waals surface area (Å²) in [5.74, 6) is -0.357. The number of allylic oxidation sites excluding steroid dienone is 3. The molecular weight excluding hydrogens is 685 g/mol. The van der Waals surface area contributed by atoms with Gasteiger partial charge in [-0.2, -0.15) is 0 Å². The number of unbranched alkanes of at least 4 members (excludes halogenated alkanes) is 25. The van der Waals surface area contributed by atoms with E-state index >= 15 is 0 Å². The predicted molar refractivity (Wildman–Crippen MR) is 222 cm³/mol. The van der Waals surface area contributed by atoms with Crippen molar-refractivity contribution in [1.29, 1.82) is 0 Å². The van der Waals surface area contributed by atoms with Crippen molar-refractivity contribution in [2.45, 2.75) is 206 Å². The molecule has 0 N–H and O–H groups in total. The molecule has 0 aromatic carbocycles. The van der Waals surface area contributed by atoms with Crippen molar-refractivity contribution in [3.8, 4) is 0 Å². The zero-order valence-corrected chi connectivity index (χ0v) is 36.4. The Bertz CT molecular complexity index is 905. The fourth-order valence-electron chi connectivity index (χ4n) is 6.09. The van der Waals surface area contributed by atoms with Crippen molar-refractivity contribution < 1.29 is 37.3 Å². The first-order chi connectivity index (χ1) is 25.6. The number of nitrogens with zero attached hydrogens (tertiary/aromatic N) is 1. The molecule has 0 fully saturated rings. The zero-order chi connectivity index (χ0) is 39.1. The maximum Gasteiger partial charge on any atom is 0.306 e. The molecule has 0 aliphatic rings. The summed E-state index contributed by atoms with van der Waals surface area (Å²) in [6, 6.07) is 0. The number of quaternary nitrogens is 1. The fraction of sp³-hybridized carbons (Fsp3) is 0.886. The Labute approximate surface area is 328 Å². The average Bonchev–Trinajstić information content (AvgIpc) is 3.11. The summed E-state index contributed by atoms with van der Waals surface area (Å²) in [5.41, 5.74) is 0. The number of hydrogen-bond donors (Lipinski definition) is 0. The largest absolute Gasteiger partial charge is 0.756 e. The van der Waals surface area contributed by atoms with Gasteiger partial charge in [-0.1, -0.05) is 161 Å². The Morgan fingerprint density at radius 2 is 1.00 bits per heavy atom. The third-order valence-corrected chi connectivity index (χ3v) is 10.5. The number of esters is 1. The molecule has 9 heteroatoms. The Balaban J connectivity index is 4.28. The number of ether oxygens (including phenoxy) is 2. The molecule has 0 radical (unpaired) electrons. The highest BCUT2D eigenvalue weighted by molar-refractivity contribution is 7.45. The van der Waals surface area contributed by atoms with Crippen molar-refractivity contribution in [1.82, 2.24) is 0 Å². The van der Waals surface area contributed by atoms with Crippen LogP contribution in [0.5, 0.6) is 0 Å². The van der Waals surface area contributed by atoms with Gasteiger partial charge in [-0.05, 0) is 51.0 Å². The Kier molecular flexibility index (Phi) is 36.9. The lowest BCUT2D eigenvalue weighted by Gasteiger charge is -2.28. The lowest BCUT2D eigenvalue weighted by atomic mass is 10.0. The van der Waals surface area contributed by atoms with Gasteiger partial charge in [0.15, 0.2) is 6.10 Å². The van der Waals surface area contributed by atoms with Gasteiger partial charge < -0.3 is 27.9 Å². The molecule has 0 aromatic rings. The minimum Gasteiger partial charge on any atom is -0.756 e. The Morgan fingerprint density at radius 1 is 0.585 bits per heavy atom. The summed E-state index contributed by atoms with van der Waals surface area (Å²) >= 11 is 0. The first kappa shape index (κ1) is 51.8. The van der Waals surface area contributed by atoms with Gasteiger partial charge in [-0.25, -0.2) is 0 Å². The highest BCUT2D eigenvalue weighted by Crippen LogP contribution is 2.38. The molecule has 0 aromatic heterocycles. The number of hydrogen-bond acceptors (Lipinski definition) is 7. The highest BCUT2D eigenvalue weighted by atomic mass is 31.2. The molecule has 0 saturated heterocycles. The molecule has 8 nitrogen and oxygen atoms in total. The van der Waals surface area contributed by atoms with E-state index < -0.39 is 13.9 Å². The normalized spacial score (nSPS) is 13.9. The van der Waals surface area contributed by atoms with Crippen LogP contribution >= 0.6 is 7.82 Å². The van der Waals surface area contributed by atoms with Crippen molar-refractivity contribution in [3.05, 3.63) is 24.5 Å². The molecule has 0 amide bonds. The van der Waals surface area contributed by atoms with Crippen LogP contribution in [0.1, 0.15) is 200 Å². The monoisotopic (exact) mass is 772 g/mol. The van der Waals surface area contributed by atoms with Crippen LogP contribution < -0.4 is 4.89 Å². The molecule has 1 unspecified atom stereocenters. The summed E-state index contributed by atoms with van der Waals surface area (Å²) < 4.78 is 34.3. The van der Waals surface area contributed by atoms with Crippen LogP contribution in [0, 0.1) is 0 Å². The van der Waals surface area contributed by atoms with E-state index in [-0.39, 0.29) is 25.8 Å². The number of carbonyl (C=O) groups excluding carboxylic acids is 1. The number of carbonyl (C=O) groups is 1. The molecule has 0 bridgehead atoms. The Hall–Kier alpha value is -1.18. The summed E-state index contributed by atoms with van der Waals surface area (Å²) in [4.78, 5) is 25.0. The molecule has 0 rings (SSSR count). The van der Waals surface area contributed by atoms with Gasteiger partial charge in [0, 0.05) is 6.42 Å². The summed E-state index contributed by atoms with van der Waals surface area (Å²) in [7, 11) is 1.33. The van der Waals surface area contributed by atoms with Crippen LogP contribution in [0.4, 0.5) is 0 Å². The van der Waals surface area contributed by atoms with E-state index in [2.05, 4.69) is 26.0 Å². The lowest BCUT2D eigenvalue weighted by Crippen LogP contribution is -2.37. The SMILES string of the molecule is CCCCCCCC/C=C\CCCCCC/C=C\OC[C@H](COP(=O)([O-])OCC[N+](C)(C)C)OC(=O)CCCCCCCCCCCCCCCCC. The maximum absolute atomic E-state index is 12.7. The molecule has 0 spiro atoms. The molecule has 314 valence electrons. The number of phosphoric acid groups is 1. The van der Waals surface area contributed by atoms with Gasteiger partial charge in [0.1, 0.15) is 19.8 Å².